The van der Waals surface area contributed by atoms with Crippen molar-refractivity contribution in [2.24, 2.45) is 5.92 Å². The minimum absolute atomic E-state index is 0.0861. The van der Waals surface area contributed by atoms with Crippen LogP contribution in [0.2, 0.25) is 0 Å². The lowest BCUT2D eigenvalue weighted by Crippen LogP contribution is -2.39. The lowest BCUT2D eigenvalue weighted by Gasteiger charge is -2.32. The summed E-state index contributed by atoms with van der Waals surface area (Å²) in [5.74, 6) is 1.23. The van der Waals surface area contributed by atoms with Gasteiger partial charge >= 0.3 is 0 Å². The SMILES string of the molecule is C=CCCC(=O)NCC1CCN(c2nccnc2C#N)CC1. The van der Waals surface area contributed by atoms with Crippen molar-refractivity contribution in [3.8, 4) is 6.07 Å². The molecule has 0 aliphatic carbocycles. The molecule has 1 aromatic heterocycles. The maximum absolute atomic E-state index is 11.6. The molecule has 1 aliphatic heterocycles. The van der Waals surface area contributed by atoms with Crippen molar-refractivity contribution in [3.05, 3.63) is 30.7 Å². The van der Waals surface area contributed by atoms with Crippen LogP contribution in [0.25, 0.3) is 0 Å². The van der Waals surface area contributed by atoms with Gasteiger partial charge in [0.25, 0.3) is 0 Å². The van der Waals surface area contributed by atoms with Gasteiger partial charge in [0, 0.05) is 38.4 Å². The Bertz CT molecular complexity index is 558. The average Bonchev–Trinajstić information content (AvgIpc) is 2.58. The second kappa shape index (κ2) is 8.13. The molecule has 0 aromatic carbocycles. The van der Waals surface area contributed by atoms with E-state index in [-0.39, 0.29) is 5.91 Å². The van der Waals surface area contributed by atoms with Crippen molar-refractivity contribution in [2.45, 2.75) is 25.7 Å². The minimum atomic E-state index is 0.0861. The van der Waals surface area contributed by atoms with Crippen molar-refractivity contribution >= 4 is 11.7 Å². The van der Waals surface area contributed by atoms with Gasteiger partial charge in [-0.05, 0) is 25.2 Å². The Morgan fingerprint density at radius 2 is 2.18 bits per heavy atom. The zero-order valence-corrected chi connectivity index (χ0v) is 12.7. The first-order chi connectivity index (χ1) is 10.7. The summed E-state index contributed by atoms with van der Waals surface area (Å²) < 4.78 is 0. The van der Waals surface area contributed by atoms with Crippen LogP contribution in [-0.2, 0) is 4.79 Å². The Balaban J connectivity index is 1.80. The van der Waals surface area contributed by atoms with Crippen LogP contribution in [0, 0.1) is 17.2 Å². The molecule has 1 saturated heterocycles. The van der Waals surface area contributed by atoms with Gasteiger partial charge in [-0.3, -0.25) is 4.79 Å². The third-order valence-electron chi connectivity index (χ3n) is 3.86. The first kappa shape index (κ1) is 16.0. The molecule has 6 nitrogen and oxygen atoms in total. The number of rotatable bonds is 6. The van der Waals surface area contributed by atoms with Crippen LogP contribution < -0.4 is 10.2 Å². The summed E-state index contributed by atoms with van der Waals surface area (Å²) in [7, 11) is 0. The molecule has 22 heavy (non-hydrogen) atoms. The summed E-state index contributed by atoms with van der Waals surface area (Å²) in [5.41, 5.74) is 0.374. The average molecular weight is 299 g/mol. The number of aromatic nitrogens is 2. The summed E-state index contributed by atoms with van der Waals surface area (Å²) in [6, 6.07) is 2.08. The van der Waals surface area contributed by atoms with Crippen LogP contribution >= 0.6 is 0 Å². The van der Waals surface area contributed by atoms with Gasteiger partial charge in [0.2, 0.25) is 5.91 Å². The minimum Gasteiger partial charge on any atom is -0.356 e. The van der Waals surface area contributed by atoms with Gasteiger partial charge in [0.15, 0.2) is 11.5 Å². The molecule has 1 aliphatic rings. The summed E-state index contributed by atoms with van der Waals surface area (Å²) in [5, 5.41) is 12.1. The molecule has 0 atom stereocenters. The van der Waals surface area contributed by atoms with Gasteiger partial charge in [0.1, 0.15) is 6.07 Å². The first-order valence-electron chi connectivity index (χ1n) is 7.58. The molecule has 0 saturated carbocycles. The monoisotopic (exact) mass is 299 g/mol. The number of amides is 1. The topological polar surface area (TPSA) is 81.9 Å². The Morgan fingerprint density at radius 3 is 2.86 bits per heavy atom. The van der Waals surface area contributed by atoms with Crippen molar-refractivity contribution in [1.29, 1.82) is 5.26 Å². The quantitative estimate of drug-likeness (QED) is 0.808. The lowest BCUT2D eigenvalue weighted by atomic mass is 9.96. The standard InChI is InChI=1S/C16H21N5O/c1-2-3-4-15(22)20-12-13-5-9-21(10-6-13)16-14(11-17)18-7-8-19-16/h2,7-8,13H,1,3-6,9-10,12H2,(H,20,22). The van der Waals surface area contributed by atoms with Crippen LogP contribution in [0.15, 0.2) is 25.0 Å². The molecule has 2 heterocycles. The Morgan fingerprint density at radius 1 is 1.45 bits per heavy atom. The van der Waals surface area contributed by atoms with Crippen LogP contribution in [0.4, 0.5) is 5.82 Å². The molecule has 0 spiro atoms. The van der Waals surface area contributed by atoms with E-state index in [2.05, 4.69) is 32.8 Å². The molecular weight excluding hydrogens is 278 g/mol. The van der Waals surface area contributed by atoms with E-state index in [1.54, 1.807) is 12.3 Å². The normalized spacial score (nSPS) is 15.1. The van der Waals surface area contributed by atoms with Crippen molar-refractivity contribution in [3.63, 3.8) is 0 Å². The number of carbonyl (C=O) groups excluding carboxylic acids is 1. The van der Waals surface area contributed by atoms with E-state index >= 15 is 0 Å². The highest BCUT2D eigenvalue weighted by atomic mass is 16.1. The van der Waals surface area contributed by atoms with Gasteiger partial charge in [-0.2, -0.15) is 5.26 Å². The summed E-state index contributed by atoms with van der Waals surface area (Å²) in [6.07, 6.45) is 8.08. The van der Waals surface area contributed by atoms with Crippen LogP contribution in [-0.4, -0.2) is 35.5 Å². The number of hydrogen-bond acceptors (Lipinski definition) is 5. The Kier molecular flexibility index (Phi) is 5.90. The van der Waals surface area contributed by atoms with Crippen molar-refractivity contribution in [1.82, 2.24) is 15.3 Å². The fraction of sp³-hybridized carbons (Fsp3) is 0.500. The Labute approximate surface area is 130 Å². The van der Waals surface area contributed by atoms with Crippen LogP contribution in [0.5, 0.6) is 0 Å². The molecule has 1 amide bonds. The zero-order valence-electron chi connectivity index (χ0n) is 12.7. The number of hydrogen-bond donors (Lipinski definition) is 1. The van der Waals surface area contributed by atoms with E-state index in [0.717, 1.165) is 32.5 Å². The van der Waals surface area contributed by atoms with E-state index in [1.165, 1.54) is 6.20 Å². The molecular formula is C16H21N5O. The third kappa shape index (κ3) is 4.29. The highest BCUT2D eigenvalue weighted by Gasteiger charge is 2.22. The Hall–Kier alpha value is -2.42. The second-order valence-electron chi connectivity index (χ2n) is 5.40. The predicted octanol–water partition coefficient (Wildman–Crippen LogP) is 1.65. The molecule has 1 N–H and O–H groups in total. The van der Waals surface area contributed by atoms with Gasteiger partial charge in [-0.25, -0.2) is 9.97 Å². The van der Waals surface area contributed by atoms with Gasteiger partial charge in [-0.1, -0.05) is 6.08 Å². The molecule has 2 rings (SSSR count). The molecule has 0 radical (unpaired) electrons. The van der Waals surface area contributed by atoms with Crippen molar-refractivity contribution in [2.75, 3.05) is 24.5 Å². The van der Waals surface area contributed by atoms with E-state index in [0.29, 0.717) is 30.3 Å². The maximum atomic E-state index is 11.6. The van der Waals surface area contributed by atoms with Gasteiger partial charge in [-0.15, -0.1) is 6.58 Å². The maximum Gasteiger partial charge on any atom is 0.220 e. The highest BCUT2D eigenvalue weighted by molar-refractivity contribution is 5.75. The number of carbonyl (C=O) groups is 1. The summed E-state index contributed by atoms with van der Waals surface area (Å²) in [4.78, 5) is 22.0. The van der Waals surface area contributed by atoms with E-state index in [4.69, 9.17) is 5.26 Å². The zero-order chi connectivity index (χ0) is 15.8. The van der Waals surface area contributed by atoms with Gasteiger partial charge < -0.3 is 10.2 Å². The highest BCUT2D eigenvalue weighted by Crippen LogP contribution is 2.22. The number of nitriles is 1. The number of anilines is 1. The molecule has 1 fully saturated rings. The number of piperidine rings is 1. The van der Waals surface area contributed by atoms with E-state index < -0.39 is 0 Å². The van der Waals surface area contributed by atoms with E-state index in [9.17, 15) is 4.79 Å². The molecule has 0 unspecified atom stereocenters. The van der Waals surface area contributed by atoms with E-state index in [1.807, 2.05) is 0 Å². The summed E-state index contributed by atoms with van der Waals surface area (Å²) >= 11 is 0. The second-order valence-corrected chi connectivity index (χ2v) is 5.40. The number of nitrogens with zero attached hydrogens (tertiary/aromatic N) is 4. The largest absolute Gasteiger partial charge is 0.356 e. The molecule has 0 bridgehead atoms. The molecule has 6 heteroatoms. The predicted molar refractivity (Wildman–Crippen MR) is 84.1 cm³/mol. The molecule has 116 valence electrons. The lowest BCUT2D eigenvalue weighted by molar-refractivity contribution is -0.121. The molecule has 1 aromatic rings. The summed E-state index contributed by atoms with van der Waals surface area (Å²) in [6.45, 7) is 6.00. The number of allylic oxidation sites excluding steroid dienone is 1. The number of nitrogens with one attached hydrogen (secondary N) is 1. The van der Waals surface area contributed by atoms with Crippen LogP contribution in [0.1, 0.15) is 31.4 Å². The first-order valence-corrected chi connectivity index (χ1v) is 7.58. The van der Waals surface area contributed by atoms with Crippen LogP contribution in [0.3, 0.4) is 0 Å². The smallest absolute Gasteiger partial charge is 0.220 e. The fourth-order valence-corrected chi connectivity index (χ4v) is 2.57. The van der Waals surface area contributed by atoms with Crippen molar-refractivity contribution < 1.29 is 4.79 Å². The fourth-order valence-electron chi connectivity index (χ4n) is 2.57. The van der Waals surface area contributed by atoms with Gasteiger partial charge in [0.05, 0.1) is 0 Å². The third-order valence-corrected chi connectivity index (χ3v) is 3.86.